The number of phosphoric acid groups is 2. The molecule has 2 unspecified atom stereocenters. The molecular formula is C69H134O17P2. The van der Waals surface area contributed by atoms with Gasteiger partial charge < -0.3 is 33.8 Å². The van der Waals surface area contributed by atoms with E-state index in [2.05, 4.69) is 27.7 Å². The molecular weight excluding hydrogens is 1160 g/mol. The van der Waals surface area contributed by atoms with Crippen LogP contribution in [-0.2, 0) is 65.4 Å². The van der Waals surface area contributed by atoms with Gasteiger partial charge in [0, 0.05) is 25.7 Å². The molecule has 0 saturated heterocycles. The Balaban J connectivity index is 5.11. The lowest BCUT2D eigenvalue weighted by molar-refractivity contribution is -0.161. The molecule has 0 aliphatic carbocycles. The first-order chi connectivity index (χ1) is 42.7. The molecule has 0 aliphatic heterocycles. The Morgan fingerprint density at radius 1 is 0.273 bits per heavy atom. The molecule has 5 atom stereocenters. The van der Waals surface area contributed by atoms with E-state index in [0.29, 0.717) is 25.7 Å². The average Bonchev–Trinajstić information content (AvgIpc) is 3.70. The van der Waals surface area contributed by atoms with Gasteiger partial charge in [-0.3, -0.25) is 37.3 Å². The van der Waals surface area contributed by atoms with E-state index < -0.39 is 97.5 Å². The summed E-state index contributed by atoms with van der Waals surface area (Å²) in [6, 6.07) is 0. The zero-order valence-corrected chi connectivity index (χ0v) is 58.5. The Morgan fingerprint density at radius 3 is 0.670 bits per heavy atom. The molecule has 522 valence electrons. The molecule has 0 aromatic heterocycles. The van der Waals surface area contributed by atoms with Gasteiger partial charge in [0.25, 0.3) is 0 Å². The highest BCUT2D eigenvalue weighted by Crippen LogP contribution is 2.45. The van der Waals surface area contributed by atoms with Crippen molar-refractivity contribution in [1.29, 1.82) is 0 Å². The number of hydrogen-bond donors (Lipinski definition) is 3. The Kier molecular flexibility index (Phi) is 62.4. The van der Waals surface area contributed by atoms with Gasteiger partial charge in [0.2, 0.25) is 0 Å². The largest absolute Gasteiger partial charge is 0.472 e. The van der Waals surface area contributed by atoms with E-state index in [4.69, 9.17) is 37.0 Å². The highest BCUT2D eigenvalue weighted by molar-refractivity contribution is 7.47. The van der Waals surface area contributed by atoms with Gasteiger partial charge in [-0.25, -0.2) is 9.13 Å². The Morgan fingerprint density at radius 2 is 0.455 bits per heavy atom. The highest BCUT2D eigenvalue weighted by atomic mass is 31.2. The number of unbranched alkanes of at least 4 members (excludes halogenated alkanes) is 44. The number of hydrogen-bond acceptors (Lipinski definition) is 15. The SMILES string of the molecule is CCCCCCCCCCCCCCCCCCCCCCC(=O)O[C@H](COC(=O)CCCCCCCCCCCCCC)COP(=O)(O)OC[C@@H](O)COP(=O)(O)OC[C@@H](COC(=O)CCCCCCC)OC(=O)CCCCCCCCCCCCC. The summed E-state index contributed by atoms with van der Waals surface area (Å²) in [7, 11) is -9.88. The van der Waals surface area contributed by atoms with Gasteiger partial charge in [-0.15, -0.1) is 0 Å². The minimum absolute atomic E-state index is 0.106. The normalized spacial score (nSPS) is 14.0. The fourth-order valence-electron chi connectivity index (χ4n) is 10.5. The molecule has 88 heavy (non-hydrogen) atoms. The number of phosphoric ester groups is 2. The smallest absolute Gasteiger partial charge is 0.462 e. The molecule has 0 fully saturated rings. The number of carbonyl (C=O) groups excluding carboxylic acids is 4. The standard InChI is InChI=1S/C69H134O17P2/c1-5-9-13-17-20-23-26-28-29-30-31-32-33-34-35-38-41-44-48-52-56-69(74)86-65(60-80-67(72)54-50-46-42-39-37-27-24-21-18-14-10-6-2)62-84-88(77,78)82-58-63(70)57-81-87(75,76)83-61-64(59-79-66(71)53-49-45-16-12-8-4)85-68(73)55-51-47-43-40-36-25-22-19-15-11-7-3/h63-65,70H,5-62H2,1-4H3,(H,75,76)(H,77,78)/t63-,64+,65+/m0/s1. The summed E-state index contributed by atoms with van der Waals surface area (Å²) in [4.78, 5) is 72.2. The number of carbonyl (C=O) groups is 4. The highest BCUT2D eigenvalue weighted by Gasteiger charge is 2.30. The van der Waals surface area contributed by atoms with Crippen LogP contribution in [-0.4, -0.2) is 96.7 Å². The van der Waals surface area contributed by atoms with Crippen LogP contribution in [0, 0.1) is 0 Å². The summed E-state index contributed by atoms with van der Waals surface area (Å²) in [5.74, 6) is -2.13. The van der Waals surface area contributed by atoms with Crippen LogP contribution in [0.1, 0.15) is 362 Å². The van der Waals surface area contributed by atoms with Crippen molar-refractivity contribution < 1.29 is 80.2 Å². The van der Waals surface area contributed by atoms with Crippen LogP contribution in [0.2, 0.25) is 0 Å². The molecule has 0 rings (SSSR count). The zero-order valence-electron chi connectivity index (χ0n) is 56.7. The zero-order chi connectivity index (χ0) is 64.7. The van der Waals surface area contributed by atoms with Gasteiger partial charge in [0.1, 0.15) is 19.3 Å². The summed E-state index contributed by atoms with van der Waals surface area (Å²) in [6.45, 7) is 4.84. The van der Waals surface area contributed by atoms with Gasteiger partial charge >= 0.3 is 39.5 Å². The van der Waals surface area contributed by atoms with E-state index in [-0.39, 0.29) is 25.7 Å². The maximum absolute atomic E-state index is 13.0. The molecule has 0 aromatic rings. The lowest BCUT2D eigenvalue weighted by Gasteiger charge is -2.21. The summed E-state index contributed by atoms with van der Waals surface area (Å²) in [5, 5.41) is 10.5. The molecule has 0 amide bonds. The molecule has 19 heteroatoms. The maximum Gasteiger partial charge on any atom is 0.472 e. The second-order valence-electron chi connectivity index (χ2n) is 24.9. The first-order valence-electron chi connectivity index (χ1n) is 36.3. The van der Waals surface area contributed by atoms with Gasteiger partial charge in [-0.1, -0.05) is 310 Å². The Labute approximate surface area is 537 Å². The third-order valence-corrected chi connectivity index (χ3v) is 18.0. The predicted molar refractivity (Wildman–Crippen MR) is 354 cm³/mol. The quantitative estimate of drug-likeness (QED) is 0.0222. The number of ether oxygens (including phenoxy) is 4. The fourth-order valence-corrected chi connectivity index (χ4v) is 12.1. The minimum atomic E-state index is -4.95. The van der Waals surface area contributed by atoms with E-state index in [1.807, 2.05) is 0 Å². The topological polar surface area (TPSA) is 237 Å². The first-order valence-corrected chi connectivity index (χ1v) is 39.3. The van der Waals surface area contributed by atoms with Crippen LogP contribution >= 0.6 is 15.6 Å². The van der Waals surface area contributed by atoms with Gasteiger partial charge in [0.15, 0.2) is 12.2 Å². The van der Waals surface area contributed by atoms with Crippen molar-refractivity contribution in [3.05, 3.63) is 0 Å². The summed E-state index contributed by atoms with van der Waals surface area (Å²) < 4.78 is 68.0. The molecule has 0 bridgehead atoms. The van der Waals surface area contributed by atoms with Crippen LogP contribution in [0.15, 0.2) is 0 Å². The lowest BCUT2D eigenvalue weighted by atomic mass is 10.0. The van der Waals surface area contributed by atoms with Crippen molar-refractivity contribution >= 4 is 39.5 Å². The van der Waals surface area contributed by atoms with Gasteiger partial charge in [-0.2, -0.15) is 0 Å². The predicted octanol–water partition coefficient (Wildman–Crippen LogP) is 19.9. The van der Waals surface area contributed by atoms with Crippen molar-refractivity contribution in [2.75, 3.05) is 39.6 Å². The summed E-state index contributed by atoms with van der Waals surface area (Å²) >= 11 is 0. The third-order valence-electron chi connectivity index (χ3n) is 16.1. The van der Waals surface area contributed by atoms with Crippen molar-refractivity contribution in [2.45, 2.75) is 380 Å². The average molecular weight is 1300 g/mol. The second-order valence-corrected chi connectivity index (χ2v) is 27.8. The maximum atomic E-state index is 13.0. The van der Waals surface area contributed by atoms with Crippen molar-refractivity contribution in [2.24, 2.45) is 0 Å². The molecule has 0 radical (unpaired) electrons. The van der Waals surface area contributed by atoms with E-state index in [9.17, 15) is 43.2 Å². The van der Waals surface area contributed by atoms with E-state index in [1.165, 1.54) is 186 Å². The fraction of sp³-hybridized carbons (Fsp3) is 0.942. The second kappa shape index (κ2) is 63.8. The van der Waals surface area contributed by atoms with Crippen molar-refractivity contribution in [3.8, 4) is 0 Å². The molecule has 3 N–H and O–H groups in total. The number of rotatable bonds is 70. The first kappa shape index (κ1) is 86.1. The minimum Gasteiger partial charge on any atom is -0.462 e. The Bertz CT molecular complexity index is 1690. The molecule has 0 aromatic carbocycles. The van der Waals surface area contributed by atoms with E-state index in [0.717, 1.165) is 96.3 Å². The van der Waals surface area contributed by atoms with Crippen molar-refractivity contribution in [1.82, 2.24) is 0 Å². The third kappa shape index (κ3) is 62.8. The van der Waals surface area contributed by atoms with Crippen LogP contribution in [0.5, 0.6) is 0 Å². The molecule has 0 saturated carbocycles. The molecule has 17 nitrogen and oxygen atoms in total. The van der Waals surface area contributed by atoms with Crippen LogP contribution < -0.4 is 0 Å². The number of aliphatic hydroxyl groups excluding tert-OH is 1. The monoisotopic (exact) mass is 1300 g/mol. The molecule has 0 heterocycles. The van der Waals surface area contributed by atoms with Gasteiger partial charge in [0.05, 0.1) is 26.4 Å². The van der Waals surface area contributed by atoms with E-state index >= 15 is 0 Å². The van der Waals surface area contributed by atoms with Crippen LogP contribution in [0.4, 0.5) is 0 Å². The van der Waals surface area contributed by atoms with Crippen molar-refractivity contribution in [3.63, 3.8) is 0 Å². The lowest BCUT2D eigenvalue weighted by Crippen LogP contribution is -2.30. The van der Waals surface area contributed by atoms with Crippen LogP contribution in [0.25, 0.3) is 0 Å². The summed E-state index contributed by atoms with van der Waals surface area (Å²) in [6.07, 6.45) is 51.7. The number of aliphatic hydroxyl groups is 1. The molecule has 0 aliphatic rings. The van der Waals surface area contributed by atoms with E-state index in [1.54, 1.807) is 0 Å². The Hall–Kier alpha value is -1.94. The molecule has 0 spiro atoms. The van der Waals surface area contributed by atoms with Crippen LogP contribution in [0.3, 0.4) is 0 Å². The van der Waals surface area contributed by atoms with Gasteiger partial charge in [-0.05, 0) is 25.7 Å². The number of esters is 4. The summed E-state index contributed by atoms with van der Waals surface area (Å²) in [5.41, 5.74) is 0.